The third kappa shape index (κ3) is 5.54. The summed E-state index contributed by atoms with van der Waals surface area (Å²) in [7, 11) is 0. The van der Waals surface area contributed by atoms with E-state index in [0.717, 1.165) is 16.8 Å². The number of nitrogens with zero attached hydrogens (tertiary/aromatic N) is 2. The number of carbonyl (C=O) groups excluding carboxylic acids is 1. The first-order chi connectivity index (χ1) is 13.6. The normalized spacial score (nSPS) is 10.5. The van der Waals surface area contributed by atoms with E-state index in [1.54, 1.807) is 6.07 Å². The van der Waals surface area contributed by atoms with Crippen molar-refractivity contribution >= 4 is 6.03 Å². The monoisotopic (exact) mass is 376 g/mol. The highest BCUT2D eigenvalue weighted by Gasteiger charge is 2.04. The molecule has 28 heavy (non-hydrogen) atoms. The Balaban J connectivity index is 1.48. The molecule has 0 aliphatic carbocycles. The van der Waals surface area contributed by atoms with E-state index in [4.69, 9.17) is 0 Å². The van der Waals surface area contributed by atoms with E-state index in [-0.39, 0.29) is 11.6 Å². The minimum absolute atomic E-state index is 0.149. The molecular formula is C22H24N4O2. The van der Waals surface area contributed by atoms with Gasteiger partial charge in [0.2, 0.25) is 0 Å². The molecule has 1 heterocycles. The van der Waals surface area contributed by atoms with Gasteiger partial charge in [-0.3, -0.25) is 4.79 Å². The van der Waals surface area contributed by atoms with Crippen molar-refractivity contribution in [3.05, 3.63) is 88.2 Å². The zero-order chi connectivity index (χ0) is 19.8. The Bertz CT molecular complexity index is 966. The summed E-state index contributed by atoms with van der Waals surface area (Å²) >= 11 is 0. The van der Waals surface area contributed by atoms with Crippen molar-refractivity contribution in [2.45, 2.75) is 26.4 Å². The first-order valence-electron chi connectivity index (χ1n) is 9.33. The second-order valence-corrected chi connectivity index (χ2v) is 6.59. The summed E-state index contributed by atoms with van der Waals surface area (Å²) in [6.45, 7) is 3.41. The number of hydrogen-bond donors (Lipinski definition) is 2. The summed E-state index contributed by atoms with van der Waals surface area (Å²) in [5, 5.41) is 10.1. The molecule has 0 saturated carbocycles. The summed E-state index contributed by atoms with van der Waals surface area (Å²) in [4.78, 5) is 23.9. The van der Waals surface area contributed by atoms with E-state index in [9.17, 15) is 9.59 Å². The van der Waals surface area contributed by atoms with Gasteiger partial charge in [-0.2, -0.15) is 5.10 Å². The van der Waals surface area contributed by atoms with Crippen molar-refractivity contribution in [2.24, 2.45) is 0 Å². The van der Waals surface area contributed by atoms with E-state index in [0.29, 0.717) is 26.1 Å². The molecule has 0 aliphatic heterocycles. The molecule has 3 rings (SSSR count). The highest BCUT2D eigenvalue weighted by molar-refractivity contribution is 5.73. The average molecular weight is 376 g/mol. The Kier molecular flexibility index (Phi) is 6.57. The predicted molar refractivity (Wildman–Crippen MR) is 110 cm³/mol. The Morgan fingerprint density at radius 3 is 2.46 bits per heavy atom. The minimum Gasteiger partial charge on any atom is -0.338 e. The number of aromatic nitrogens is 2. The fraction of sp³-hybridized carbons (Fsp3) is 0.227. The van der Waals surface area contributed by atoms with Crippen LogP contribution in [0.15, 0.2) is 71.5 Å². The van der Waals surface area contributed by atoms with Gasteiger partial charge in [-0.25, -0.2) is 9.48 Å². The maximum atomic E-state index is 12.0. The van der Waals surface area contributed by atoms with Gasteiger partial charge in [-0.15, -0.1) is 0 Å². The van der Waals surface area contributed by atoms with Crippen molar-refractivity contribution in [3.63, 3.8) is 0 Å². The molecule has 0 bridgehead atoms. The second kappa shape index (κ2) is 9.50. The SMILES string of the molecule is Cc1ccc(-c2ccc(=O)n(CCCNC(=O)NCc3ccccc3)n2)cc1. The highest BCUT2D eigenvalue weighted by Crippen LogP contribution is 2.15. The molecule has 0 unspecified atom stereocenters. The molecule has 0 fully saturated rings. The number of amides is 2. The lowest BCUT2D eigenvalue weighted by atomic mass is 10.1. The van der Waals surface area contributed by atoms with Crippen molar-refractivity contribution < 1.29 is 4.79 Å². The molecule has 0 saturated heterocycles. The lowest BCUT2D eigenvalue weighted by Crippen LogP contribution is -2.36. The smallest absolute Gasteiger partial charge is 0.315 e. The predicted octanol–water partition coefficient (Wildman–Crippen LogP) is 3.11. The topological polar surface area (TPSA) is 76.0 Å². The number of hydrogen-bond acceptors (Lipinski definition) is 3. The van der Waals surface area contributed by atoms with Crippen molar-refractivity contribution in [3.8, 4) is 11.3 Å². The molecule has 1 aromatic heterocycles. The average Bonchev–Trinajstić information content (AvgIpc) is 2.72. The molecule has 0 atom stereocenters. The van der Waals surface area contributed by atoms with E-state index in [1.807, 2.05) is 61.5 Å². The van der Waals surface area contributed by atoms with Crippen LogP contribution in [0.25, 0.3) is 11.3 Å². The van der Waals surface area contributed by atoms with Crippen LogP contribution in [0.1, 0.15) is 17.5 Å². The fourth-order valence-corrected chi connectivity index (χ4v) is 2.76. The van der Waals surface area contributed by atoms with Crippen LogP contribution >= 0.6 is 0 Å². The van der Waals surface area contributed by atoms with Crippen LogP contribution in [0.3, 0.4) is 0 Å². The Morgan fingerprint density at radius 1 is 0.964 bits per heavy atom. The second-order valence-electron chi connectivity index (χ2n) is 6.59. The molecule has 2 N–H and O–H groups in total. The van der Waals surface area contributed by atoms with Gasteiger partial charge in [0, 0.05) is 31.3 Å². The van der Waals surface area contributed by atoms with Crippen LogP contribution in [-0.2, 0) is 13.1 Å². The van der Waals surface area contributed by atoms with Crippen LogP contribution in [0.5, 0.6) is 0 Å². The fourth-order valence-electron chi connectivity index (χ4n) is 2.76. The van der Waals surface area contributed by atoms with Gasteiger partial charge < -0.3 is 10.6 Å². The maximum absolute atomic E-state index is 12.0. The molecule has 6 nitrogen and oxygen atoms in total. The van der Waals surface area contributed by atoms with E-state index in [1.165, 1.54) is 16.3 Å². The van der Waals surface area contributed by atoms with Gasteiger partial charge in [0.05, 0.1) is 5.69 Å². The summed E-state index contributed by atoms with van der Waals surface area (Å²) in [5.41, 5.74) is 3.80. The molecule has 144 valence electrons. The summed E-state index contributed by atoms with van der Waals surface area (Å²) in [6, 6.07) is 20.8. The van der Waals surface area contributed by atoms with E-state index in [2.05, 4.69) is 15.7 Å². The molecular weight excluding hydrogens is 352 g/mol. The Morgan fingerprint density at radius 2 is 1.71 bits per heavy atom. The standard InChI is InChI=1S/C22H24N4O2/c1-17-8-10-19(11-9-17)20-12-13-21(27)26(25-20)15-5-14-23-22(28)24-16-18-6-3-2-4-7-18/h2-4,6-13H,5,14-16H2,1H3,(H2,23,24,28). The summed E-state index contributed by atoms with van der Waals surface area (Å²) in [5.74, 6) is 0. The third-order valence-corrected chi connectivity index (χ3v) is 4.34. The largest absolute Gasteiger partial charge is 0.338 e. The zero-order valence-corrected chi connectivity index (χ0v) is 15.9. The van der Waals surface area contributed by atoms with Crippen LogP contribution in [0.4, 0.5) is 4.79 Å². The molecule has 6 heteroatoms. The Labute approximate surface area is 164 Å². The van der Waals surface area contributed by atoms with Crippen LogP contribution in [0, 0.1) is 6.92 Å². The lowest BCUT2D eigenvalue weighted by molar-refractivity contribution is 0.240. The van der Waals surface area contributed by atoms with Gasteiger partial charge in [0.1, 0.15) is 0 Å². The quantitative estimate of drug-likeness (QED) is 0.622. The molecule has 2 aromatic carbocycles. The van der Waals surface area contributed by atoms with Crippen LogP contribution < -0.4 is 16.2 Å². The Hall–Kier alpha value is -3.41. The van der Waals surface area contributed by atoms with Crippen LogP contribution in [0.2, 0.25) is 0 Å². The van der Waals surface area contributed by atoms with Crippen LogP contribution in [-0.4, -0.2) is 22.4 Å². The van der Waals surface area contributed by atoms with E-state index >= 15 is 0 Å². The molecule has 0 aliphatic rings. The van der Waals surface area contributed by atoms with Gasteiger partial charge in [-0.1, -0.05) is 60.2 Å². The zero-order valence-electron chi connectivity index (χ0n) is 15.9. The number of benzene rings is 2. The van der Waals surface area contributed by atoms with Crippen molar-refractivity contribution in [2.75, 3.05) is 6.54 Å². The van der Waals surface area contributed by atoms with E-state index < -0.39 is 0 Å². The number of aryl methyl sites for hydroxylation is 2. The molecule has 2 amide bonds. The summed E-state index contributed by atoms with van der Waals surface area (Å²) in [6.07, 6.45) is 0.614. The first-order valence-corrected chi connectivity index (χ1v) is 9.33. The third-order valence-electron chi connectivity index (χ3n) is 4.34. The number of nitrogens with one attached hydrogen (secondary N) is 2. The highest BCUT2D eigenvalue weighted by atomic mass is 16.2. The number of rotatable bonds is 7. The molecule has 3 aromatic rings. The number of carbonyl (C=O) groups is 1. The van der Waals surface area contributed by atoms with Crippen molar-refractivity contribution in [1.29, 1.82) is 0 Å². The van der Waals surface area contributed by atoms with Crippen molar-refractivity contribution in [1.82, 2.24) is 20.4 Å². The molecule has 0 spiro atoms. The molecule has 0 radical (unpaired) electrons. The number of urea groups is 1. The summed E-state index contributed by atoms with van der Waals surface area (Å²) < 4.78 is 1.44. The lowest BCUT2D eigenvalue weighted by Gasteiger charge is -2.09. The van der Waals surface area contributed by atoms with Gasteiger partial charge >= 0.3 is 6.03 Å². The van der Waals surface area contributed by atoms with Gasteiger partial charge in [-0.05, 0) is 25.0 Å². The first kappa shape index (κ1) is 19.4. The van der Waals surface area contributed by atoms with Gasteiger partial charge in [0.15, 0.2) is 0 Å². The van der Waals surface area contributed by atoms with Gasteiger partial charge in [0.25, 0.3) is 5.56 Å². The maximum Gasteiger partial charge on any atom is 0.315 e. The minimum atomic E-state index is -0.224.